The quantitative estimate of drug-likeness (QED) is 0.482. The van der Waals surface area contributed by atoms with E-state index in [-0.39, 0.29) is 17.8 Å². The molecule has 0 radical (unpaired) electrons. The van der Waals surface area contributed by atoms with Crippen LogP contribution in [0.15, 0.2) is 70.6 Å². The van der Waals surface area contributed by atoms with Crippen LogP contribution < -0.4 is 10.2 Å². The van der Waals surface area contributed by atoms with Crippen molar-refractivity contribution >= 4 is 35.1 Å². The molecule has 0 saturated carbocycles. The molecule has 3 aromatic rings. The Morgan fingerprint density at radius 1 is 1.06 bits per heavy atom. The van der Waals surface area contributed by atoms with Crippen LogP contribution in [0.4, 0.5) is 11.5 Å². The van der Waals surface area contributed by atoms with E-state index in [9.17, 15) is 9.59 Å². The van der Waals surface area contributed by atoms with Gasteiger partial charge >= 0.3 is 5.97 Å². The van der Waals surface area contributed by atoms with Crippen molar-refractivity contribution in [3.63, 3.8) is 0 Å². The van der Waals surface area contributed by atoms with E-state index < -0.39 is 0 Å². The molecule has 34 heavy (non-hydrogen) atoms. The number of carbonyl (C=O) groups excluding carboxylic acids is 2. The lowest BCUT2D eigenvalue weighted by atomic mass is 9.97. The Hall–Kier alpha value is -3.39. The summed E-state index contributed by atoms with van der Waals surface area (Å²) >= 11 is 1.58. The fourth-order valence-electron chi connectivity index (χ4n) is 3.81. The number of esters is 1. The van der Waals surface area contributed by atoms with Crippen LogP contribution in [0.2, 0.25) is 0 Å². The summed E-state index contributed by atoms with van der Waals surface area (Å²) in [7, 11) is 0. The SMILES string of the molecule is CCOC(=O)c1ccc(NC(=O)[C@@H]2CCCN(c3ccc(Sc4ccc(C)cc4)nn3)C2)cc1. The van der Waals surface area contributed by atoms with Crippen molar-refractivity contribution in [3.8, 4) is 0 Å². The fraction of sp³-hybridized carbons (Fsp3) is 0.308. The van der Waals surface area contributed by atoms with Gasteiger partial charge in [-0.2, -0.15) is 0 Å². The van der Waals surface area contributed by atoms with Crippen LogP contribution in [0, 0.1) is 12.8 Å². The highest BCUT2D eigenvalue weighted by Gasteiger charge is 2.27. The molecule has 2 aromatic carbocycles. The van der Waals surface area contributed by atoms with Gasteiger partial charge in [0.25, 0.3) is 0 Å². The summed E-state index contributed by atoms with van der Waals surface area (Å²) in [6.45, 7) is 5.60. The first-order valence-electron chi connectivity index (χ1n) is 11.4. The number of benzene rings is 2. The Labute approximate surface area is 203 Å². The molecule has 0 unspecified atom stereocenters. The number of nitrogens with one attached hydrogen (secondary N) is 1. The number of anilines is 2. The zero-order valence-corrected chi connectivity index (χ0v) is 20.2. The van der Waals surface area contributed by atoms with Crippen molar-refractivity contribution in [2.75, 3.05) is 29.9 Å². The summed E-state index contributed by atoms with van der Waals surface area (Å²) in [6.07, 6.45) is 1.72. The van der Waals surface area contributed by atoms with Crippen molar-refractivity contribution in [2.45, 2.75) is 36.6 Å². The van der Waals surface area contributed by atoms with E-state index in [1.165, 1.54) is 5.56 Å². The highest BCUT2D eigenvalue weighted by atomic mass is 32.2. The molecule has 1 atom stereocenters. The maximum Gasteiger partial charge on any atom is 0.338 e. The smallest absolute Gasteiger partial charge is 0.338 e. The number of nitrogens with zero attached hydrogens (tertiary/aromatic N) is 3. The average Bonchev–Trinajstić information content (AvgIpc) is 2.86. The lowest BCUT2D eigenvalue weighted by molar-refractivity contribution is -0.120. The second-order valence-electron chi connectivity index (χ2n) is 8.22. The minimum absolute atomic E-state index is 0.0342. The first-order valence-corrected chi connectivity index (χ1v) is 12.2. The van der Waals surface area contributed by atoms with E-state index in [4.69, 9.17) is 4.74 Å². The number of piperidine rings is 1. The van der Waals surface area contributed by atoms with Gasteiger partial charge in [0, 0.05) is 23.7 Å². The van der Waals surface area contributed by atoms with Gasteiger partial charge in [0.05, 0.1) is 18.1 Å². The molecule has 4 rings (SSSR count). The summed E-state index contributed by atoms with van der Waals surface area (Å²) in [5, 5.41) is 12.6. The number of hydrogen-bond donors (Lipinski definition) is 1. The zero-order chi connectivity index (χ0) is 23.9. The molecule has 176 valence electrons. The summed E-state index contributed by atoms with van der Waals surface area (Å²) in [6, 6.07) is 19.0. The standard InChI is InChI=1S/C26H28N4O3S/c1-3-33-26(32)19-8-10-21(11-9-19)27-25(31)20-5-4-16-30(17-20)23-14-15-24(29-28-23)34-22-12-6-18(2)7-13-22/h6-15,20H,3-5,16-17H2,1-2H3,(H,27,31)/t20-/m1/s1. The molecular weight excluding hydrogens is 448 g/mol. The molecule has 0 spiro atoms. The number of aromatic nitrogens is 2. The summed E-state index contributed by atoms with van der Waals surface area (Å²) in [5.74, 6) is 0.229. The van der Waals surface area contributed by atoms with E-state index in [2.05, 4.69) is 51.6 Å². The van der Waals surface area contributed by atoms with E-state index >= 15 is 0 Å². The minimum Gasteiger partial charge on any atom is -0.462 e. The van der Waals surface area contributed by atoms with Gasteiger partial charge in [-0.25, -0.2) is 4.79 Å². The molecule has 1 aliphatic heterocycles. The average molecular weight is 477 g/mol. The molecule has 1 aromatic heterocycles. The minimum atomic E-state index is -0.368. The van der Waals surface area contributed by atoms with Crippen LogP contribution in [-0.2, 0) is 9.53 Å². The van der Waals surface area contributed by atoms with Gasteiger partial charge in [0.15, 0.2) is 5.82 Å². The maximum atomic E-state index is 12.9. The molecule has 1 aliphatic rings. The number of aryl methyl sites for hydroxylation is 1. The Kier molecular flexibility index (Phi) is 7.80. The van der Waals surface area contributed by atoms with Gasteiger partial charge < -0.3 is 15.0 Å². The van der Waals surface area contributed by atoms with Crippen LogP contribution in [0.3, 0.4) is 0 Å². The molecule has 1 saturated heterocycles. The number of hydrogen-bond acceptors (Lipinski definition) is 7. The third kappa shape index (κ3) is 6.14. The third-order valence-corrected chi connectivity index (χ3v) is 6.58. The Bertz CT molecular complexity index is 1120. The maximum absolute atomic E-state index is 12.9. The molecule has 0 aliphatic carbocycles. The van der Waals surface area contributed by atoms with E-state index in [1.807, 2.05) is 12.1 Å². The first kappa shape index (κ1) is 23.8. The molecule has 2 heterocycles. The van der Waals surface area contributed by atoms with Gasteiger partial charge in [-0.1, -0.05) is 29.5 Å². The predicted molar refractivity (Wildman–Crippen MR) is 133 cm³/mol. The second kappa shape index (κ2) is 11.2. The third-order valence-electron chi connectivity index (χ3n) is 5.65. The summed E-state index contributed by atoms with van der Waals surface area (Å²) in [4.78, 5) is 27.9. The molecule has 1 N–H and O–H groups in total. The van der Waals surface area contributed by atoms with Crippen molar-refractivity contribution in [2.24, 2.45) is 5.92 Å². The normalized spacial score (nSPS) is 15.6. The van der Waals surface area contributed by atoms with Crippen LogP contribution in [0.1, 0.15) is 35.7 Å². The molecule has 0 bridgehead atoms. The summed E-state index contributed by atoms with van der Waals surface area (Å²) < 4.78 is 4.99. The van der Waals surface area contributed by atoms with Crippen LogP contribution in [0.5, 0.6) is 0 Å². The van der Waals surface area contributed by atoms with Gasteiger partial charge in [-0.15, -0.1) is 10.2 Å². The number of ether oxygens (including phenoxy) is 1. The van der Waals surface area contributed by atoms with Gasteiger partial charge in [-0.05, 0) is 75.2 Å². The number of amides is 1. The largest absolute Gasteiger partial charge is 0.462 e. The first-order chi connectivity index (χ1) is 16.5. The molecule has 8 heteroatoms. The Morgan fingerprint density at radius 3 is 2.50 bits per heavy atom. The Morgan fingerprint density at radius 2 is 1.82 bits per heavy atom. The van der Waals surface area contributed by atoms with Crippen LogP contribution >= 0.6 is 11.8 Å². The van der Waals surface area contributed by atoms with Crippen LogP contribution in [0.25, 0.3) is 0 Å². The highest BCUT2D eigenvalue weighted by molar-refractivity contribution is 7.99. The lowest BCUT2D eigenvalue weighted by Crippen LogP contribution is -2.41. The fourth-order valence-corrected chi connectivity index (χ4v) is 4.54. The van der Waals surface area contributed by atoms with Crippen molar-refractivity contribution in [1.82, 2.24) is 10.2 Å². The molecule has 1 amide bonds. The van der Waals surface area contributed by atoms with Crippen LogP contribution in [-0.4, -0.2) is 41.8 Å². The van der Waals surface area contributed by atoms with E-state index in [0.29, 0.717) is 24.4 Å². The van der Waals surface area contributed by atoms with E-state index in [0.717, 1.165) is 35.1 Å². The second-order valence-corrected chi connectivity index (χ2v) is 9.31. The van der Waals surface area contributed by atoms with Crippen molar-refractivity contribution in [3.05, 3.63) is 71.8 Å². The van der Waals surface area contributed by atoms with Gasteiger partial charge in [-0.3, -0.25) is 4.79 Å². The molecule has 7 nitrogen and oxygen atoms in total. The van der Waals surface area contributed by atoms with Crippen molar-refractivity contribution in [1.29, 1.82) is 0 Å². The zero-order valence-electron chi connectivity index (χ0n) is 19.4. The number of rotatable bonds is 7. The lowest BCUT2D eigenvalue weighted by Gasteiger charge is -2.32. The predicted octanol–water partition coefficient (Wildman–Crippen LogP) is 4.97. The number of carbonyl (C=O) groups is 2. The molecule has 1 fully saturated rings. The monoisotopic (exact) mass is 476 g/mol. The van der Waals surface area contributed by atoms with E-state index in [1.54, 1.807) is 43.0 Å². The highest BCUT2D eigenvalue weighted by Crippen LogP contribution is 2.28. The summed E-state index contributed by atoms with van der Waals surface area (Å²) in [5.41, 5.74) is 2.35. The molecular formula is C26H28N4O3S. The Balaban J connectivity index is 1.34. The van der Waals surface area contributed by atoms with Gasteiger partial charge in [0.2, 0.25) is 5.91 Å². The van der Waals surface area contributed by atoms with Gasteiger partial charge in [0.1, 0.15) is 5.03 Å². The topological polar surface area (TPSA) is 84.4 Å². The van der Waals surface area contributed by atoms with Crippen molar-refractivity contribution < 1.29 is 14.3 Å².